The van der Waals surface area contributed by atoms with Crippen molar-refractivity contribution in [2.24, 2.45) is 0 Å². The maximum Gasteiger partial charge on any atom is 0.512 e. The van der Waals surface area contributed by atoms with Crippen LogP contribution in [0.15, 0.2) is 18.3 Å². The fraction of sp³-hybridized carbons (Fsp3) is 0.125. The van der Waals surface area contributed by atoms with Gasteiger partial charge in [0.05, 0.1) is 6.42 Å². The summed E-state index contributed by atoms with van der Waals surface area (Å²) in [4.78, 5) is 24.2. The number of rotatable bonds is 3. The number of aliphatic carboxylic acids is 1. The molecule has 0 aliphatic rings. The van der Waals surface area contributed by atoms with Crippen LogP contribution in [0.4, 0.5) is 4.79 Å². The van der Waals surface area contributed by atoms with Crippen molar-refractivity contribution in [1.82, 2.24) is 4.98 Å². The topological polar surface area (TPSA) is 96.7 Å². The molecule has 1 aromatic heterocycles. The molecule has 0 aliphatic carbocycles. The summed E-state index contributed by atoms with van der Waals surface area (Å²) in [6.07, 6.45) is -0.518. The van der Waals surface area contributed by atoms with Crippen LogP contribution in [-0.4, -0.2) is 27.3 Å². The Labute approximate surface area is 78.8 Å². The lowest BCUT2D eigenvalue weighted by molar-refractivity contribution is -0.136. The number of hydrogen-bond acceptors (Lipinski definition) is 4. The summed E-state index contributed by atoms with van der Waals surface area (Å²) in [5.41, 5.74) is 0.224. The minimum Gasteiger partial charge on any atom is -0.481 e. The average molecular weight is 197 g/mol. The first-order valence-corrected chi connectivity index (χ1v) is 3.66. The van der Waals surface area contributed by atoms with Gasteiger partial charge in [0.25, 0.3) is 0 Å². The minimum absolute atomic E-state index is 0.192. The summed E-state index contributed by atoms with van der Waals surface area (Å²) in [5.74, 6) is -1.27. The number of aromatic nitrogens is 1. The van der Waals surface area contributed by atoms with Gasteiger partial charge in [-0.2, -0.15) is 0 Å². The molecule has 0 spiro atoms. The first-order chi connectivity index (χ1) is 6.59. The van der Waals surface area contributed by atoms with Crippen molar-refractivity contribution in [1.29, 1.82) is 0 Å². The van der Waals surface area contributed by atoms with Gasteiger partial charge in [0.1, 0.15) is 0 Å². The van der Waals surface area contributed by atoms with E-state index in [1.54, 1.807) is 0 Å². The molecule has 0 atom stereocenters. The van der Waals surface area contributed by atoms with E-state index in [-0.39, 0.29) is 17.9 Å². The van der Waals surface area contributed by atoms with Crippen molar-refractivity contribution in [2.75, 3.05) is 0 Å². The third kappa shape index (κ3) is 2.74. The third-order valence-electron chi connectivity index (χ3n) is 1.38. The summed E-state index contributed by atoms with van der Waals surface area (Å²) in [5, 5.41) is 16.8. The minimum atomic E-state index is -1.52. The second kappa shape index (κ2) is 4.22. The Bertz CT molecular complexity index is 328. The summed E-state index contributed by atoms with van der Waals surface area (Å²) < 4.78 is 4.29. The van der Waals surface area contributed by atoms with Gasteiger partial charge in [0.15, 0.2) is 0 Å². The van der Waals surface area contributed by atoms with Crippen LogP contribution in [0.5, 0.6) is 5.88 Å². The van der Waals surface area contributed by atoms with Crippen molar-refractivity contribution in [3.8, 4) is 5.88 Å². The van der Waals surface area contributed by atoms with Gasteiger partial charge in [-0.05, 0) is 6.07 Å². The number of carboxylic acid groups (broad SMARTS) is 2. The van der Waals surface area contributed by atoms with Crippen molar-refractivity contribution in [2.45, 2.75) is 6.42 Å². The molecule has 1 rings (SSSR count). The second-order valence-electron chi connectivity index (χ2n) is 2.41. The maximum atomic E-state index is 10.4. The predicted molar refractivity (Wildman–Crippen MR) is 44.2 cm³/mol. The van der Waals surface area contributed by atoms with Crippen LogP contribution in [0.1, 0.15) is 5.56 Å². The molecule has 0 bridgehead atoms. The lowest BCUT2D eigenvalue weighted by Gasteiger charge is -2.03. The SMILES string of the molecule is O=C(O)Cc1cccnc1OC(=O)O. The summed E-state index contributed by atoms with van der Waals surface area (Å²) in [7, 11) is 0. The molecular formula is C8H7NO5. The van der Waals surface area contributed by atoms with Crippen LogP contribution in [0.3, 0.4) is 0 Å². The van der Waals surface area contributed by atoms with Gasteiger partial charge in [-0.1, -0.05) is 6.07 Å². The number of carboxylic acids is 1. The number of nitrogens with zero attached hydrogens (tertiary/aromatic N) is 1. The van der Waals surface area contributed by atoms with E-state index in [0.717, 1.165) is 0 Å². The molecule has 0 aliphatic heterocycles. The monoisotopic (exact) mass is 197 g/mol. The van der Waals surface area contributed by atoms with Crippen LogP contribution in [-0.2, 0) is 11.2 Å². The van der Waals surface area contributed by atoms with E-state index in [9.17, 15) is 9.59 Å². The fourth-order valence-corrected chi connectivity index (χ4v) is 0.896. The molecule has 0 saturated carbocycles. The van der Waals surface area contributed by atoms with Crippen LogP contribution in [0.25, 0.3) is 0 Å². The Morgan fingerprint density at radius 3 is 2.71 bits per heavy atom. The quantitative estimate of drug-likeness (QED) is 0.694. The zero-order chi connectivity index (χ0) is 10.6. The van der Waals surface area contributed by atoms with E-state index in [1.165, 1.54) is 18.3 Å². The highest BCUT2D eigenvalue weighted by Crippen LogP contribution is 2.14. The molecule has 14 heavy (non-hydrogen) atoms. The van der Waals surface area contributed by atoms with E-state index in [2.05, 4.69) is 9.72 Å². The Morgan fingerprint density at radius 1 is 1.43 bits per heavy atom. The lowest BCUT2D eigenvalue weighted by atomic mass is 10.2. The molecule has 2 N–H and O–H groups in total. The number of pyridine rings is 1. The smallest absolute Gasteiger partial charge is 0.481 e. The first-order valence-electron chi connectivity index (χ1n) is 3.66. The molecule has 1 aromatic rings. The van der Waals surface area contributed by atoms with Gasteiger partial charge < -0.3 is 14.9 Å². The molecular weight excluding hydrogens is 190 g/mol. The van der Waals surface area contributed by atoms with E-state index >= 15 is 0 Å². The number of carbonyl (C=O) groups is 2. The highest BCUT2D eigenvalue weighted by Gasteiger charge is 2.11. The fourth-order valence-electron chi connectivity index (χ4n) is 0.896. The molecule has 0 unspecified atom stereocenters. The van der Waals surface area contributed by atoms with Gasteiger partial charge in [-0.15, -0.1) is 0 Å². The van der Waals surface area contributed by atoms with Crippen LogP contribution >= 0.6 is 0 Å². The second-order valence-corrected chi connectivity index (χ2v) is 2.41. The van der Waals surface area contributed by atoms with Gasteiger partial charge in [0, 0.05) is 11.8 Å². The average Bonchev–Trinajstić information content (AvgIpc) is 2.06. The first kappa shape index (κ1) is 9.97. The Balaban J connectivity index is 2.90. The normalized spacial score (nSPS) is 9.43. The lowest BCUT2D eigenvalue weighted by Crippen LogP contribution is -2.09. The number of ether oxygens (including phenoxy) is 1. The zero-order valence-electron chi connectivity index (χ0n) is 7.01. The van der Waals surface area contributed by atoms with Gasteiger partial charge in [-0.3, -0.25) is 4.79 Å². The Morgan fingerprint density at radius 2 is 2.14 bits per heavy atom. The van der Waals surface area contributed by atoms with Gasteiger partial charge in [-0.25, -0.2) is 9.78 Å². The molecule has 0 radical (unpaired) electrons. The molecule has 74 valence electrons. The molecule has 0 aromatic carbocycles. The van der Waals surface area contributed by atoms with E-state index in [0.29, 0.717) is 0 Å². The summed E-state index contributed by atoms with van der Waals surface area (Å²) in [6, 6.07) is 2.95. The molecule has 1 heterocycles. The molecule has 0 fully saturated rings. The summed E-state index contributed by atoms with van der Waals surface area (Å²) >= 11 is 0. The Hall–Kier alpha value is -2.11. The molecule has 6 heteroatoms. The van der Waals surface area contributed by atoms with Crippen molar-refractivity contribution >= 4 is 12.1 Å². The van der Waals surface area contributed by atoms with E-state index in [4.69, 9.17) is 10.2 Å². The van der Waals surface area contributed by atoms with Crippen LogP contribution in [0.2, 0.25) is 0 Å². The highest BCUT2D eigenvalue weighted by molar-refractivity contribution is 5.71. The van der Waals surface area contributed by atoms with Crippen molar-refractivity contribution in [3.05, 3.63) is 23.9 Å². The van der Waals surface area contributed by atoms with Crippen molar-refractivity contribution < 1.29 is 24.5 Å². The summed E-state index contributed by atoms with van der Waals surface area (Å²) in [6.45, 7) is 0. The van der Waals surface area contributed by atoms with E-state index in [1.807, 2.05) is 0 Å². The predicted octanol–water partition coefficient (Wildman–Crippen LogP) is 0.766. The standard InChI is InChI=1S/C8H7NO5/c10-6(11)4-5-2-1-3-9-7(5)14-8(12)13/h1-3H,4H2,(H,10,11)(H,12,13). The molecule has 0 saturated heterocycles. The third-order valence-corrected chi connectivity index (χ3v) is 1.38. The molecule has 0 amide bonds. The van der Waals surface area contributed by atoms with Crippen LogP contribution < -0.4 is 4.74 Å². The van der Waals surface area contributed by atoms with E-state index < -0.39 is 12.1 Å². The Kier molecular flexibility index (Phi) is 3.01. The van der Waals surface area contributed by atoms with Crippen LogP contribution in [0, 0.1) is 0 Å². The van der Waals surface area contributed by atoms with Gasteiger partial charge >= 0.3 is 12.1 Å². The highest BCUT2D eigenvalue weighted by atomic mass is 16.7. The zero-order valence-corrected chi connectivity index (χ0v) is 7.01. The van der Waals surface area contributed by atoms with Gasteiger partial charge in [0.2, 0.25) is 5.88 Å². The largest absolute Gasteiger partial charge is 0.512 e. The maximum absolute atomic E-state index is 10.4. The number of hydrogen-bond donors (Lipinski definition) is 2. The van der Waals surface area contributed by atoms with Crippen molar-refractivity contribution in [3.63, 3.8) is 0 Å². The molecule has 6 nitrogen and oxygen atoms in total.